The molecule has 1 N–H and O–H groups in total. The minimum Gasteiger partial charge on any atom is -0.496 e. The summed E-state index contributed by atoms with van der Waals surface area (Å²) in [5, 5.41) is 5.26. The molecule has 0 aliphatic heterocycles. The molecule has 0 fully saturated rings. The Morgan fingerprint density at radius 1 is 1.15 bits per heavy atom. The van der Waals surface area contributed by atoms with Crippen LogP contribution < -0.4 is 15.6 Å². The second-order valence-corrected chi connectivity index (χ2v) is 10.2. The monoisotopic (exact) mass is 493 g/mol. The van der Waals surface area contributed by atoms with Crippen molar-refractivity contribution >= 4 is 33.2 Å². The molecule has 7 heteroatoms. The molecule has 0 spiro atoms. The van der Waals surface area contributed by atoms with E-state index in [1.807, 2.05) is 36.4 Å². The molecule has 0 saturated carbocycles. The largest absolute Gasteiger partial charge is 0.496 e. The number of thiophene rings is 1. The molecule has 0 unspecified atom stereocenters. The minimum atomic E-state index is 0.0668. The molecule has 1 aliphatic carbocycles. The number of ether oxygens (including phenoxy) is 1. The lowest BCUT2D eigenvalue weighted by molar-refractivity contribution is 0.407. The van der Waals surface area contributed by atoms with Crippen molar-refractivity contribution < 1.29 is 4.74 Å². The fourth-order valence-corrected chi connectivity index (χ4v) is 6.29. The summed E-state index contributed by atoms with van der Waals surface area (Å²) < 4.78 is 7.20. The first-order chi connectivity index (χ1) is 16.6. The SMILES string of the molecule is COc1ccccc1CCN[C@@H]1CCc2c(sc3ncn(CCc4ccccc4Cl)c(=O)c23)C1. The van der Waals surface area contributed by atoms with Gasteiger partial charge < -0.3 is 10.1 Å². The van der Waals surface area contributed by atoms with Gasteiger partial charge in [-0.3, -0.25) is 9.36 Å². The Morgan fingerprint density at radius 3 is 2.76 bits per heavy atom. The maximum atomic E-state index is 13.3. The Labute approximate surface area is 208 Å². The van der Waals surface area contributed by atoms with Crippen LogP contribution in [0.3, 0.4) is 0 Å². The normalized spacial score (nSPS) is 15.4. The lowest BCUT2D eigenvalue weighted by Crippen LogP contribution is -2.35. The molecule has 5 nitrogen and oxygen atoms in total. The molecule has 5 rings (SSSR count). The number of rotatable bonds is 8. The van der Waals surface area contributed by atoms with Crippen LogP contribution >= 0.6 is 22.9 Å². The van der Waals surface area contributed by atoms with Gasteiger partial charge in [-0.05, 0) is 67.5 Å². The van der Waals surface area contributed by atoms with Gasteiger partial charge in [-0.1, -0.05) is 48.0 Å². The van der Waals surface area contributed by atoms with Crippen LogP contribution in [-0.4, -0.2) is 29.2 Å². The van der Waals surface area contributed by atoms with Gasteiger partial charge in [0.15, 0.2) is 0 Å². The molecular weight excluding hydrogens is 466 g/mol. The first-order valence-corrected chi connectivity index (χ1v) is 12.9. The average molecular weight is 494 g/mol. The van der Waals surface area contributed by atoms with Crippen LogP contribution in [0.1, 0.15) is 28.0 Å². The zero-order valence-electron chi connectivity index (χ0n) is 19.2. The zero-order valence-corrected chi connectivity index (χ0v) is 20.8. The molecule has 0 radical (unpaired) electrons. The predicted octanol–water partition coefficient (Wildman–Crippen LogP) is 5.05. The van der Waals surface area contributed by atoms with Crippen LogP contribution in [0.2, 0.25) is 5.02 Å². The van der Waals surface area contributed by atoms with Crippen molar-refractivity contribution in [3.8, 4) is 5.75 Å². The number of benzene rings is 2. The van der Waals surface area contributed by atoms with Gasteiger partial charge in [-0.15, -0.1) is 11.3 Å². The molecule has 2 aromatic carbocycles. The molecule has 0 bridgehead atoms. The summed E-state index contributed by atoms with van der Waals surface area (Å²) in [4.78, 5) is 20.1. The standard InChI is InChI=1S/C27H28ClN3O2S/c1-33-23-9-5-3-7-19(23)12-14-29-20-10-11-21-24(16-20)34-26-25(21)27(32)31(17-30-26)15-13-18-6-2-4-8-22(18)28/h2-9,17,20,29H,10-16H2,1H3/t20-/m1/s1. The van der Waals surface area contributed by atoms with Crippen molar-refractivity contribution in [3.63, 3.8) is 0 Å². The van der Waals surface area contributed by atoms with Crippen molar-refractivity contribution in [2.45, 2.75) is 44.7 Å². The van der Waals surface area contributed by atoms with E-state index in [2.05, 4.69) is 22.4 Å². The fourth-order valence-electron chi connectivity index (χ4n) is 4.80. The van der Waals surface area contributed by atoms with E-state index in [1.54, 1.807) is 29.3 Å². The number of aryl methyl sites for hydroxylation is 3. The third-order valence-corrected chi connectivity index (χ3v) is 8.17. The van der Waals surface area contributed by atoms with Gasteiger partial charge >= 0.3 is 0 Å². The summed E-state index contributed by atoms with van der Waals surface area (Å²) in [5.74, 6) is 0.941. The van der Waals surface area contributed by atoms with E-state index < -0.39 is 0 Å². The Balaban J connectivity index is 1.27. The van der Waals surface area contributed by atoms with Crippen LogP contribution in [0.25, 0.3) is 10.2 Å². The second-order valence-electron chi connectivity index (χ2n) is 8.72. The maximum absolute atomic E-state index is 13.3. The van der Waals surface area contributed by atoms with Gasteiger partial charge in [-0.2, -0.15) is 0 Å². The lowest BCUT2D eigenvalue weighted by atomic mass is 9.93. The number of nitrogens with one attached hydrogen (secondary N) is 1. The van der Waals surface area contributed by atoms with Crippen LogP contribution in [0, 0.1) is 0 Å². The number of hydrogen-bond donors (Lipinski definition) is 1. The molecule has 34 heavy (non-hydrogen) atoms. The smallest absolute Gasteiger partial charge is 0.262 e. The molecule has 0 amide bonds. The molecule has 1 atom stereocenters. The number of aromatic nitrogens is 2. The predicted molar refractivity (Wildman–Crippen MR) is 140 cm³/mol. The number of hydrogen-bond acceptors (Lipinski definition) is 5. The van der Waals surface area contributed by atoms with Crippen molar-refractivity contribution in [2.24, 2.45) is 0 Å². The van der Waals surface area contributed by atoms with Crippen LogP contribution in [-0.2, 0) is 32.2 Å². The van der Waals surface area contributed by atoms with E-state index in [0.717, 1.165) is 58.8 Å². The third kappa shape index (κ3) is 4.76. The maximum Gasteiger partial charge on any atom is 0.262 e. The van der Waals surface area contributed by atoms with Gasteiger partial charge in [0, 0.05) is 22.5 Å². The van der Waals surface area contributed by atoms with E-state index in [-0.39, 0.29) is 5.56 Å². The van der Waals surface area contributed by atoms with Crippen molar-refractivity contribution in [3.05, 3.63) is 91.8 Å². The molecule has 1 aliphatic rings. The zero-order chi connectivity index (χ0) is 23.5. The Kier molecular flexibility index (Phi) is 6.99. The van der Waals surface area contributed by atoms with E-state index in [4.69, 9.17) is 16.3 Å². The molecule has 0 saturated heterocycles. The van der Waals surface area contributed by atoms with Gasteiger partial charge in [0.25, 0.3) is 5.56 Å². The van der Waals surface area contributed by atoms with E-state index in [0.29, 0.717) is 19.0 Å². The Bertz CT molecular complexity index is 1360. The first kappa shape index (κ1) is 23.1. The van der Waals surface area contributed by atoms with Gasteiger partial charge in [0.2, 0.25) is 0 Å². The van der Waals surface area contributed by atoms with E-state index >= 15 is 0 Å². The quantitative estimate of drug-likeness (QED) is 0.373. The van der Waals surface area contributed by atoms with Gasteiger partial charge in [-0.25, -0.2) is 4.98 Å². The highest BCUT2D eigenvalue weighted by atomic mass is 35.5. The van der Waals surface area contributed by atoms with Crippen molar-refractivity contribution in [2.75, 3.05) is 13.7 Å². The van der Waals surface area contributed by atoms with Gasteiger partial charge in [0.05, 0.1) is 18.8 Å². The van der Waals surface area contributed by atoms with Gasteiger partial charge in [0.1, 0.15) is 10.6 Å². The third-order valence-electron chi connectivity index (χ3n) is 6.64. The number of methoxy groups -OCH3 is 1. The summed E-state index contributed by atoms with van der Waals surface area (Å²) >= 11 is 7.96. The van der Waals surface area contributed by atoms with Crippen molar-refractivity contribution in [1.82, 2.24) is 14.9 Å². The highest BCUT2D eigenvalue weighted by molar-refractivity contribution is 7.18. The number of nitrogens with zero attached hydrogens (tertiary/aromatic N) is 2. The molecule has 176 valence electrons. The summed E-state index contributed by atoms with van der Waals surface area (Å²) in [6.07, 6.45) is 6.20. The average Bonchev–Trinajstić information content (AvgIpc) is 3.23. The highest BCUT2D eigenvalue weighted by Gasteiger charge is 2.25. The summed E-state index contributed by atoms with van der Waals surface area (Å²) in [5.41, 5.74) is 3.53. The Hall–Kier alpha value is -2.67. The molecular formula is C27H28ClN3O2S. The topological polar surface area (TPSA) is 56.1 Å². The Morgan fingerprint density at radius 2 is 1.94 bits per heavy atom. The summed E-state index contributed by atoms with van der Waals surface area (Å²) in [7, 11) is 1.72. The minimum absolute atomic E-state index is 0.0668. The number of para-hydroxylation sites is 1. The summed E-state index contributed by atoms with van der Waals surface area (Å²) in [6, 6.07) is 16.4. The lowest BCUT2D eigenvalue weighted by Gasteiger charge is -2.23. The number of halogens is 1. The fraction of sp³-hybridized carbons (Fsp3) is 0.333. The summed E-state index contributed by atoms with van der Waals surface area (Å²) in [6.45, 7) is 1.47. The molecule has 4 aromatic rings. The first-order valence-electron chi connectivity index (χ1n) is 11.7. The molecule has 2 heterocycles. The van der Waals surface area contributed by atoms with Crippen LogP contribution in [0.15, 0.2) is 59.7 Å². The van der Waals surface area contributed by atoms with Crippen molar-refractivity contribution in [1.29, 1.82) is 0 Å². The number of fused-ring (bicyclic) bond motifs is 3. The van der Waals surface area contributed by atoms with E-state index in [1.165, 1.54) is 16.0 Å². The molecule has 2 aromatic heterocycles. The second kappa shape index (κ2) is 10.3. The highest BCUT2D eigenvalue weighted by Crippen LogP contribution is 2.33. The van der Waals surface area contributed by atoms with Crippen LogP contribution in [0.4, 0.5) is 0 Å². The van der Waals surface area contributed by atoms with Crippen LogP contribution in [0.5, 0.6) is 5.75 Å². The van der Waals surface area contributed by atoms with E-state index in [9.17, 15) is 4.79 Å².